The van der Waals surface area contributed by atoms with Crippen LogP contribution in [0.3, 0.4) is 0 Å². The predicted octanol–water partition coefficient (Wildman–Crippen LogP) is 2.90. The Labute approximate surface area is 128 Å². The van der Waals surface area contributed by atoms with Crippen molar-refractivity contribution >= 4 is 23.3 Å². The smallest absolute Gasteiger partial charge is 0.328 e. The lowest BCUT2D eigenvalue weighted by Gasteiger charge is -2.16. The number of hydrogen-bond acceptors (Lipinski definition) is 5. The molecule has 6 heteroatoms. The van der Waals surface area contributed by atoms with E-state index in [1.54, 1.807) is 24.3 Å². The minimum atomic E-state index is -0.426. The summed E-state index contributed by atoms with van der Waals surface area (Å²) in [7, 11) is 1.36. The van der Waals surface area contributed by atoms with Crippen LogP contribution in [0.15, 0.2) is 47.3 Å². The van der Waals surface area contributed by atoms with Crippen LogP contribution in [0.25, 0.3) is 0 Å². The number of carbonyl (C=O) groups excluding carboxylic acids is 2. The summed E-state index contributed by atoms with van der Waals surface area (Å²) in [4.78, 5) is 23.6. The van der Waals surface area contributed by atoms with Gasteiger partial charge in [0.2, 0.25) is 0 Å². The zero-order valence-electron chi connectivity index (χ0n) is 12.5. The van der Waals surface area contributed by atoms with Gasteiger partial charge >= 0.3 is 5.97 Å². The molecule has 1 aromatic heterocycles. The van der Waals surface area contributed by atoms with E-state index < -0.39 is 6.04 Å². The second-order valence-electron chi connectivity index (χ2n) is 4.68. The molecule has 0 radical (unpaired) electrons. The van der Waals surface area contributed by atoms with Crippen molar-refractivity contribution in [3.05, 3.63) is 48.4 Å². The number of benzene rings is 1. The molecule has 116 valence electrons. The zero-order chi connectivity index (χ0) is 15.9. The largest absolute Gasteiger partial charge is 0.472 e. The van der Waals surface area contributed by atoms with Crippen molar-refractivity contribution in [3.63, 3.8) is 0 Å². The molecule has 0 bridgehead atoms. The molecular weight excluding hydrogens is 284 g/mol. The SMILES string of the molecule is CC[C@H](Nc1cccc(NC(=O)c2ccoc2)c1)C(=O)OC. The van der Waals surface area contributed by atoms with Crippen LogP contribution in [0.1, 0.15) is 23.7 Å². The van der Waals surface area contributed by atoms with Crippen LogP contribution in [0, 0.1) is 0 Å². The highest BCUT2D eigenvalue weighted by Gasteiger charge is 2.16. The number of furan rings is 1. The van der Waals surface area contributed by atoms with Gasteiger partial charge in [-0.3, -0.25) is 4.79 Å². The maximum Gasteiger partial charge on any atom is 0.328 e. The highest BCUT2D eigenvalue weighted by molar-refractivity contribution is 6.04. The molecule has 1 amide bonds. The van der Waals surface area contributed by atoms with Gasteiger partial charge in [0.1, 0.15) is 12.3 Å². The lowest BCUT2D eigenvalue weighted by Crippen LogP contribution is -2.29. The van der Waals surface area contributed by atoms with Gasteiger partial charge in [0.05, 0.1) is 18.9 Å². The fraction of sp³-hybridized carbons (Fsp3) is 0.250. The summed E-state index contributed by atoms with van der Waals surface area (Å²) in [6.45, 7) is 1.89. The number of hydrogen-bond donors (Lipinski definition) is 2. The Morgan fingerprint density at radius 1 is 1.27 bits per heavy atom. The average molecular weight is 302 g/mol. The first-order valence-corrected chi connectivity index (χ1v) is 6.92. The summed E-state index contributed by atoms with van der Waals surface area (Å²) in [5, 5.41) is 5.85. The summed E-state index contributed by atoms with van der Waals surface area (Å²) >= 11 is 0. The number of ether oxygens (including phenoxy) is 1. The van der Waals surface area contributed by atoms with Crippen LogP contribution in [0.5, 0.6) is 0 Å². The van der Waals surface area contributed by atoms with Gasteiger partial charge in [-0.15, -0.1) is 0 Å². The van der Waals surface area contributed by atoms with Crippen LogP contribution >= 0.6 is 0 Å². The summed E-state index contributed by atoms with van der Waals surface area (Å²) in [6, 6.07) is 8.29. The molecule has 0 spiro atoms. The van der Waals surface area contributed by atoms with E-state index in [-0.39, 0.29) is 11.9 Å². The van der Waals surface area contributed by atoms with Crippen LogP contribution in [-0.4, -0.2) is 25.0 Å². The molecule has 2 N–H and O–H groups in total. The Kier molecular flexibility index (Phi) is 5.19. The lowest BCUT2D eigenvalue weighted by atomic mass is 10.2. The van der Waals surface area contributed by atoms with E-state index in [0.717, 1.165) is 5.69 Å². The van der Waals surface area contributed by atoms with E-state index in [4.69, 9.17) is 9.15 Å². The molecule has 1 aromatic carbocycles. The van der Waals surface area contributed by atoms with Crippen LogP contribution < -0.4 is 10.6 Å². The summed E-state index contributed by atoms with van der Waals surface area (Å²) in [6.07, 6.45) is 3.41. The Balaban J connectivity index is 2.06. The third-order valence-corrected chi connectivity index (χ3v) is 3.14. The lowest BCUT2D eigenvalue weighted by molar-refractivity contribution is -0.141. The first-order chi connectivity index (χ1) is 10.6. The van der Waals surface area contributed by atoms with Crippen LogP contribution in [0.2, 0.25) is 0 Å². The summed E-state index contributed by atoms with van der Waals surface area (Å²) in [5.74, 6) is -0.582. The van der Waals surface area contributed by atoms with Gasteiger partial charge in [0, 0.05) is 11.4 Å². The maximum absolute atomic E-state index is 12.0. The van der Waals surface area contributed by atoms with Gasteiger partial charge in [-0.1, -0.05) is 13.0 Å². The molecule has 0 aliphatic carbocycles. The number of carbonyl (C=O) groups is 2. The topological polar surface area (TPSA) is 80.6 Å². The third kappa shape index (κ3) is 3.88. The molecular formula is C16H18N2O4. The fourth-order valence-corrected chi connectivity index (χ4v) is 1.95. The molecule has 0 fully saturated rings. The molecule has 0 saturated carbocycles. The molecule has 0 aliphatic rings. The quantitative estimate of drug-likeness (QED) is 0.802. The molecule has 6 nitrogen and oxygen atoms in total. The maximum atomic E-state index is 12.0. The van der Waals surface area contributed by atoms with Crippen LogP contribution in [0.4, 0.5) is 11.4 Å². The Morgan fingerprint density at radius 3 is 2.68 bits per heavy atom. The van der Waals surface area contributed by atoms with E-state index in [0.29, 0.717) is 17.7 Å². The standard InChI is InChI=1S/C16H18N2O4/c1-3-14(16(20)21-2)17-12-5-4-6-13(9-12)18-15(19)11-7-8-22-10-11/h4-10,14,17H,3H2,1-2H3,(H,18,19)/t14-/m0/s1. The Morgan fingerprint density at radius 2 is 2.05 bits per heavy atom. The molecule has 2 aromatic rings. The Hall–Kier alpha value is -2.76. The third-order valence-electron chi connectivity index (χ3n) is 3.14. The van der Waals surface area contributed by atoms with Crippen molar-refractivity contribution in [3.8, 4) is 0 Å². The second-order valence-corrected chi connectivity index (χ2v) is 4.68. The molecule has 0 aliphatic heterocycles. The number of methoxy groups -OCH3 is 1. The van der Waals surface area contributed by atoms with Crippen molar-refractivity contribution in [2.45, 2.75) is 19.4 Å². The molecule has 0 unspecified atom stereocenters. The normalized spacial score (nSPS) is 11.5. The van der Waals surface area contributed by atoms with E-state index in [1.165, 1.54) is 19.6 Å². The van der Waals surface area contributed by atoms with Gasteiger partial charge in [0.15, 0.2) is 0 Å². The van der Waals surface area contributed by atoms with E-state index in [9.17, 15) is 9.59 Å². The van der Waals surface area contributed by atoms with E-state index in [2.05, 4.69) is 10.6 Å². The van der Waals surface area contributed by atoms with Crippen molar-refractivity contribution in [2.75, 3.05) is 17.7 Å². The molecule has 22 heavy (non-hydrogen) atoms. The Bertz CT molecular complexity index is 637. The molecule has 1 atom stereocenters. The number of esters is 1. The van der Waals surface area contributed by atoms with Crippen molar-refractivity contribution in [2.24, 2.45) is 0 Å². The van der Waals surface area contributed by atoms with Crippen molar-refractivity contribution in [1.82, 2.24) is 0 Å². The average Bonchev–Trinajstić information content (AvgIpc) is 3.06. The molecule has 0 saturated heterocycles. The number of anilines is 2. The summed E-state index contributed by atoms with van der Waals surface area (Å²) in [5.41, 5.74) is 1.79. The number of nitrogens with one attached hydrogen (secondary N) is 2. The first-order valence-electron chi connectivity index (χ1n) is 6.92. The minimum absolute atomic E-state index is 0.258. The minimum Gasteiger partial charge on any atom is -0.472 e. The number of rotatable bonds is 6. The summed E-state index contributed by atoms with van der Waals surface area (Å²) < 4.78 is 9.62. The monoisotopic (exact) mass is 302 g/mol. The van der Waals surface area contributed by atoms with Gasteiger partial charge in [-0.2, -0.15) is 0 Å². The number of amides is 1. The van der Waals surface area contributed by atoms with Gasteiger partial charge in [-0.05, 0) is 30.7 Å². The predicted molar refractivity (Wildman–Crippen MR) is 82.8 cm³/mol. The van der Waals surface area contributed by atoms with Crippen LogP contribution in [-0.2, 0) is 9.53 Å². The second kappa shape index (κ2) is 7.31. The fourth-order valence-electron chi connectivity index (χ4n) is 1.95. The van der Waals surface area contributed by atoms with E-state index in [1.807, 2.05) is 13.0 Å². The van der Waals surface area contributed by atoms with Gasteiger partial charge < -0.3 is 19.8 Å². The molecule has 1 heterocycles. The van der Waals surface area contributed by atoms with Gasteiger partial charge in [0.25, 0.3) is 5.91 Å². The zero-order valence-corrected chi connectivity index (χ0v) is 12.5. The molecule has 2 rings (SSSR count). The van der Waals surface area contributed by atoms with Crippen molar-refractivity contribution < 1.29 is 18.7 Å². The highest BCUT2D eigenvalue weighted by Crippen LogP contribution is 2.18. The van der Waals surface area contributed by atoms with Crippen molar-refractivity contribution in [1.29, 1.82) is 0 Å². The first kappa shape index (κ1) is 15.6. The van der Waals surface area contributed by atoms with Gasteiger partial charge in [-0.25, -0.2) is 4.79 Å². The van der Waals surface area contributed by atoms with E-state index >= 15 is 0 Å². The highest BCUT2D eigenvalue weighted by atomic mass is 16.5.